The monoisotopic (exact) mass is 226 g/mol. The van der Waals surface area contributed by atoms with Gasteiger partial charge in [0.05, 0.1) is 10.9 Å². The second kappa shape index (κ2) is 3.21. The van der Waals surface area contributed by atoms with Crippen LogP contribution in [0.5, 0.6) is 0 Å². The van der Waals surface area contributed by atoms with Gasteiger partial charge in [-0.05, 0) is 17.5 Å². The van der Waals surface area contributed by atoms with Crippen molar-refractivity contribution >= 4 is 33.3 Å². The van der Waals surface area contributed by atoms with Crippen LogP contribution in [0.2, 0.25) is 0 Å². The number of fused-ring (bicyclic) bond motifs is 3. The molecular weight excluding hydrogens is 216 g/mol. The van der Waals surface area contributed by atoms with Crippen molar-refractivity contribution in [1.29, 1.82) is 0 Å². The number of nitrogens with zero attached hydrogens (tertiary/aromatic N) is 1. The number of rotatable bonds is 0. The predicted octanol–water partition coefficient (Wildman–Crippen LogP) is 1.24. The summed E-state index contributed by atoms with van der Waals surface area (Å²) < 4.78 is 0. The Morgan fingerprint density at radius 1 is 1.06 bits per heavy atom. The van der Waals surface area contributed by atoms with Crippen LogP contribution in [0.4, 0.5) is 11.6 Å². The second-order valence-electron chi connectivity index (χ2n) is 3.86. The Labute approximate surface area is 96.1 Å². The lowest BCUT2D eigenvalue weighted by Crippen LogP contribution is -2.11. The van der Waals surface area contributed by atoms with Crippen LogP contribution >= 0.6 is 0 Å². The molecule has 0 amide bonds. The SMILES string of the molecule is Nc1nc2ccc3cccc(N)c3c2c(=O)[nH]1. The highest BCUT2D eigenvalue weighted by molar-refractivity contribution is 6.11. The Balaban J connectivity index is 2.69. The van der Waals surface area contributed by atoms with E-state index in [0.717, 1.165) is 10.8 Å². The second-order valence-corrected chi connectivity index (χ2v) is 3.86. The van der Waals surface area contributed by atoms with E-state index < -0.39 is 0 Å². The minimum Gasteiger partial charge on any atom is -0.398 e. The summed E-state index contributed by atoms with van der Waals surface area (Å²) in [7, 11) is 0. The van der Waals surface area contributed by atoms with E-state index in [4.69, 9.17) is 11.5 Å². The van der Waals surface area contributed by atoms with Crippen LogP contribution in [-0.4, -0.2) is 9.97 Å². The first kappa shape index (κ1) is 9.65. The summed E-state index contributed by atoms with van der Waals surface area (Å²) in [6, 6.07) is 9.16. The van der Waals surface area contributed by atoms with Gasteiger partial charge >= 0.3 is 0 Å². The van der Waals surface area contributed by atoms with Crippen LogP contribution in [0, 0.1) is 0 Å². The number of H-pyrrole nitrogens is 1. The van der Waals surface area contributed by atoms with Gasteiger partial charge in [-0.3, -0.25) is 9.78 Å². The smallest absolute Gasteiger partial charge is 0.260 e. The number of nitrogens with two attached hydrogens (primary N) is 2. The van der Waals surface area contributed by atoms with Crippen molar-refractivity contribution in [2.75, 3.05) is 11.5 Å². The quantitative estimate of drug-likeness (QED) is 0.396. The molecule has 3 rings (SSSR count). The fourth-order valence-electron chi connectivity index (χ4n) is 2.06. The molecule has 0 aliphatic carbocycles. The van der Waals surface area contributed by atoms with Gasteiger partial charge in [0, 0.05) is 11.1 Å². The van der Waals surface area contributed by atoms with Crippen LogP contribution in [0.3, 0.4) is 0 Å². The summed E-state index contributed by atoms with van der Waals surface area (Å²) >= 11 is 0. The van der Waals surface area contributed by atoms with Crippen molar-refractivity contribution in [3.8, 4) is 0 Å². The van der Waals surface area contributed by atoms with Gasteiger partial charge in [0.15, 0.2) is 0 Å². The average Bonchev–Trinajstić information content (AvgIpc) is 2.28. The molecule has 0 radical (unpaired) electrons. The standard InChI is InChI=1S/C12H10N4O/c13-7-3-1-2-6-4-5-8-10(9(6)7)11(17)16-12(14)15-8/h1-5H,13H2,(H3,14,15,16,17). The molecule has 5 heteroatoms. The van der Waals surface area contributed by atoms with E-state index in [9.17, 15) is 4.79 Å². The molecule has 0 aliphatic heterocycles. The first-order valence-electron chi connectivity index (χ1n) is 5.13. The number of aromatic nitrogens is 2. The minimum atomic E-state index is -0.268. The van der Waals surface area contributed by atoms with Crippen LogP contribution < -0.4 is 17.0 Å². The maximum Gasteiger partial charge on any atom is 0.260 e. The van der Waals surface area contributed by atoms with Gasteiger partial charge in [0.25, 0.3) is 5.56 Å². The summed E-state index contributed by atoms with van der Waals surface area (Å²) in [4.78, 5) is 18.5. The Morgan fingerprint density at radius 2 is 1.88 bits per heavy atom. The number of aromatic amines is 1. The van der Waals surface area contributed by atoms with Gasteiger partial charge in [-0.1, -0.05) is 18.2 Å². The number of hydrogen-bond acceptors (Lipinski definition) is 4. The van der Waals surface area contributed by atoms with Crippen LogP contribution in [0.15, 0.2) is 35.1 Å². The van der Waals surface area contributed by atoms with Crippen molar-refractivity contribution in [2.45, 2.75) is 0 Å². The fraction of sp³-hybridized carbons (Fsp3) is 0. The van der Waals surface area contributed by atoms with Crippen molar-refractivity contribution < 1.29 is 0 Å². The fourth-order valence-corrected chi connectivity index (χ4v) is 2.06. The van der Waals surface area contributed by atoms with E-state index in [1.165, 1.54) is 0 Å². The molecule has 84 valence electrons. The number of hydrogen-bond donors (Lipinski definition) is 3. The zero-order valence-corrected chi connectivity index (χ0v) is 8.90. The molecule has 0 bridgehead atoms. The molecule has 0 fully saturated rings. The number of anilines is 2. The molecule has 0 spiro atoms. The van der Waals surface area contributed by atoms with E-state index in [0.29, 0.717) is 16.6 Å². The van der Waals surface area contributed by atoms with Crippen LogP contribution in [0.1, 0.15) is 0 Å². The molecule has 5 nitrogen and oxygen atoms in total. The van der Waals surface area contributed by atoms with Crippen LogP contribution in [-0.2, 0) is 0 Å². The Bertz CT molecular complexity index is 791. The maximum absolute atomic E-state index is 11.9. The Hall–Kier alpha value is -2.56. The highest BCUT2D eigenvalue weighted by atomic mass is 16.1. The third-order valence-electron chi connectivity index (χ3n) is 2.77. The summed E-state index contributed by atoms with van der Waals surface area (Å²) in [6.07, 6.45) is 0. The van der Waals surface area contributed by atoms with E-state index in [1.54, 1.807) is 12.1 Å². The molecule has 0 saturated heterocycles. The summed E-state index contributed by atoms with van der Waals surface area (Å²) in [5, 5.41) is 2.11. The van der Waals surface area contributed by atoms with Crippen LogP contribution in [0.25, 0.3) is 21.7 Å². The normalized spacial score (nSPS) is 11.1. The lowest BCUT2D eigenvalue weighted by molar-refractivity contribution is 1.19. The number of nitrogen functional groups attached to an aromatic ring is 2. The average molecular weight is 226 g/mol. The van der Waals surface area contributed by atoms with Gasteiger partial charge < -0.3 is 11.5 Å². The highest BCUT2D eigenvalue weighted by Crippen LogP contribution is 2.26. The molecule has 0 atom stereocenters. The summed E-state index contributed by atoms with van der Waals surface area (Å²) in [6.45, 7) is 0. The predicted molar refractivity (Wildman–Crippen MR) is 68.7 cm³/mol. The van der Waals surface area contributed by atoms with Gasteiger partial charge in [-0.2, -0.15) is 0 Å². The van der Waals surface area contributed by atoms with Gasteiger partial charge in [-0.15, -0.1) is 0 Å². The molecule has 0 aliphatic rings. The highest BCUT2D eigenvalue weighted by Gasteiger charge is 2.08. The largest absolute Gasteiger partial charge is 0.398 e. The maximum atomic E-state index is 11.9. The number of nitrogens with one attached hydrogen (secondary N) is 1. The Morgan fingerprint density at radius 3 is 2.71 bits per heavy atom. The molecule has 1 heterocycles. The van der Waals surface area contributed by atoms with Crippen molar-refractivity contribution in [3.05, 3.63) is 40.7 Å². The third kappa shape index (κ3) is 1.32. The first-order chi connectivity index (χ1) is 8.16. The Kier molecular flexibility index (Phi) is 1.82. The lowest BCUT2D eigenvalue weighted by Gasteiger charge is -2.05. The molecule has 1 aromatic heterocycles. The van der Waals surface area contributed by atoms with Crippen molar-refractivity contribution in [3.63, 3.8) is 0 Å². The zero-order chi connectivity index (χ0) is 12.0. The third-order valence-corrected chi connectivity index (χ3v) is 2.77. The molecule has 2 aromatic carbocycles. The zero-order valence-electron chi connectivity index (χ0n) is 8.90. The minimum absolute atomic E-state index is 0.108. The molecule has 0 unspecified atom stereocenters. The van der Waals surface area contributed by atoms with Gasteiger partial charge in [0.1, 0.15) is 0 Å². The summed E-state index contributed by atoms with van der Waals surface area (Å²) in [5.74, 6) is 0.108. The van der Waals surface area contributed by atoms with E-state index in [2.05, 4.69) is 9.97 Å². The lowest BCUT2D eigenvalue weighted by atomic mass is 10.0. The first-order valence-corrected chi connectivity index (χ1v) is 5.13. The van der Waals surface area contributed by atoms with Crippen molar-refractivity contribution in [2.24, 2.45) is 0 Å². The molecule has 17 heavy (non-hydrogen) atoms. The summed E-state index contributed by atoms with van der Waals surface area (Å²) in [5.41, 5.74) is 12.3. The van der Waals surface area contributed by atoms with Gasteiger partial charge in [-0.25, -0.2) is 4.98 Å². The van der Waals surface area contributed by atoms with Gasteiger partial charge in [0.2, 0.25) is 5.95 Å². The molecular formula is C12H10N4O. The molecule has 0 saturated carbocycles. The van der Waals surface area contributed by atoms with E-state index >= 15 is 0 Å². The van der Waals surface area contributed by atoms with Crippen molar-refractivity contribution in [1.82, 2.24) is 9.97 Å². The van der Waals surface area contributed by atoms with E-state index in [-0.39, 0.29) is 11.5 Å². The molecule has 5 N–H and O–H groups in total. The number of benzene rings is 2. The van der Waals surface area contributed by atoms with E-state index in [1.807, 2.05) is 18.2 Å². The molecule has 3 aromatic rings. The topological polar surface area (TPSA) is 97.8 Å².